The Morgan fingerprint density at radius 1 is 0.600 bits per heavy atom. The van der Waals surface area contributed by atoms with Crippen molar-refractivity contribution in [1.82, 2.24) is 0 Å². The molecule has 0 fully saturated rings. The number of hydrogen-bond acceptors (Lipinski definition) is 0. The molecule has 0 aliphatic heterocycles. The van der Waals surface area contributed by atoms with Gasteiger partial charge in [0.1, 0.15) is 5.82 Å². The van der Waals surface area contributed by atoms with Gasteiger partial charge in [-0.15, -0.1) is 0 Å². The number of benzene rings is 6. The summed E-state index contributed by atoms with van der Waals surface area (Å²) in [5.74, 6) is 6.14. The first-order chi connectivity index (χ1) is 19.6. The highest BCUT2D eigenvalue weighted by atomic mass is 19.1. The molecule has 0 saturated heterocycles. The molecule has 194 valence electrons. The van der Waals surface area contributed by atoms with E-state index in [1.165, 1.54) is 40.3 Å². The van der Waals surface area contributed by atoms with Gasteiger partial charge in [-0.1, -0.05) is 98.0 Å². The van der Waals surface area contributed by atoms with Gasteiger partial charge in [0.05, 0.1) is 0 Å². The Morgan fingerprint density at radius 3 is 1.90 bits per heavy atom. The maximum Gasteiger partial charge on any atom is 0.132 e. The van der Waals surface area contributed by atoms with Crippen molar-refractivity contribution in [1.29, 1.82) is 0 Å². The first-order valence-electron chi connectivity index (χ1n) is 14.0. The molecule has 0 amide bonds. The van der Waals surface area contributed by atoms with E-state index in [2.05, 4.69) is 116 Å². The van der Waals surface area contributed by atoms with Gasteiger partial charge in [0, 0.05) is 16.7 Å². The normalized spacial score (nSPS) is 11.0. The van der Waals surface area contributed by atoms with E-state index in [4.69, 9.17) is 0 Å². The Balaban J connectivity index is 1.26. The van der Waals surface area contributed by atoms with E-state index < -0.39 is 0 Å². The van der Waals surface area contributed by atoms with Gasteiger partial charge in [-0.3, -0.25) is 0 Å². The third kappa shape index (κ3) is 5.40. The summed E-state index contributed by atoms with van der Waals surface area (Å²) < 4.78 is 15.4. The lowest BCUT2D eigenvalue weighted by Crippen LogP contribution is -1.91. The summed E-state index contributed by atoms with van der Waals surface area (Å²) >= 11 is 0. The van der Waals surface area contributed by atoms with Gasteiger partial charge in [0.25, 0.3) is 0 Å². The quantitative estimate of drug-likeness (QED) is 0.199. The molecule has 40 heavy (non-hydrogen) atoms. The topological polar surface area (TPSA) is 0 Å². The average Bonchev–Trinajstić information content (AvgIpc) is 3.00. The molecule has 0 aliphatic carbocycles. The van der Waals surface area contributed by atoms with Gasteiger partial charge in [-0.2, -0.15) is 0 Å². The van der Waals surface area contributed by atoms with Crippen LogP contribution < -0.4 is 0 Å². The second-order valence-corrected chi connectivity index (χ2v) is 10.5. The summed E-state index contributed by atoms with van der Waals surface area (Å²) in [5, 5.41) is 4.69. The zero-order chi connectivity index (χ0) is 27.5. The summed E-state index contributed by atoms with van der Waals surface area (Å²) in [5.41, 5.74) is 7.80. The van der Waals surface area contributed by atoms with Gasteiger partial charge in [0.15, 0.2) is 0 Å². The van der Waals surface area contributed by atoms with Crippen LogP contribution in [-0.2, 0) is 6.42 Å². The molecule has 0 heterocycles. The molecule has 0 aliphatic rings. The van der Waals surface area contributed by atoms with Crippen LogP contribution in [-0.4, -0.2) is 0 Å². The van der Waals surface area contributed by atoms with E-state index in [0.717, 1.165) is 39.4 Å². The molecule has 0 spiro atoms. The van der Waals surface area contributed by atoms with Crippen LogP contribution in [0.1, 0.15) is 42.0 Å². The van der Waals surface area contributed by atoms with Gasteiger partial charge < -0.3 is 0 Å². The van der Waals surface area contributed by atoms with Gasteiger partial charge in [0.2, 0.25) is 0 Å². The maximum atomic E-state index is 15.4. The van der Waals surface area contributed by atoms with Crippen molar-refractivity contribution in [2.75, 3.05) is 0 Å². The van der Waals surface area contributed by atoms with Crippen molar-refractivity contribution >= 4 is 21.5 Å². The number of rotatable bonds is 5. The minimum atomic E-state index is -0.253. The molecular formula is C39H31F. The van der Waals surface area contributed by atoms with Crippen molar-refractivity contribution < 1.29 is 4.39 Å². The van der Waals surface area contributed by atoms with Gasteiger partial charge in [-0.05, 0) is 112 Å². The smallest absolute Gasteiger partial charge is 0.132 e. The summed E-state index contributed by atoms with van der Waals surface area (Å²) in [6, 6.07) is 39.5. The Hall–Kier alpha value is -4.67. The first kappa shape index (κ1) is 25.6. The van der Waals surface area contributed by atoms with Crippen LogP contribution in [0.15, 0.2) is 115 Å². The molecule has 0 unspecified atom stereocenters. The monoisotopic (exact) mass is 518 g/mol. The fraction of sp³-hybridized carbons (Fsp3) is 0.128. The lowest BCUT2D eigenvalue weighted by Gasteiger charge is -2.10. The molecule has 0 atom stereocenters. The average molecular weight is 519 g/mol. The van der Waals surface area contributed by atoms with Crippen molar-refractivity contribution in [2.45, 2.75) is 33.1 Å². The zero-order valence-electron chi connectivity index (χ0n) is 23.0. The Bertz CT molecular complexity index is 1900. The van der Waals surface area contributed by atoms with E-state index in [1.807, 2.05) is 19.1 Å². The number of unbranched alkanes of at least 4 members (excludes halogenated alkanes) is 1. The Kier molecular flexibility index (Phi) is 7.17. The molecule has 0 saturated carbocycles. The number of halogens is 1. The Labute approximate surface area is 236 Å². The minimum Gasteiger partial charge on any atom is -0.206 e. The van der Waals surface area contributed by atoms with Crippen molar-refractivity contribution in [3.8, 4) is 34.1 Å². The van der Waals surface area contributed by atoms with Gasteiger partial charge >= 0.3 is 0 Å². The van der Waals surface area contributed by atoms with Crippen LogP contribution in [0.4, 0.5) is 4.39 Å². The van der Waals surface area contributed by atoms with E-state index >= 15 is 4.39 Å². The lowest BCUT2D eigenvalue weighted by atomic mass is 9.95. The SMILES string of the molecule is CCCCc1ccc(C#Cc2cc(F)c(-c3ccc4cc(-c5ccc6ccccc6c5)ccc4c3)cc2C)cc1. The summed E-state index contributed by atoms with van der Waals surface area (Å²) in [6.45, 7) is 4.20. The first-order valence-corrected chi connectivity index (χ1v) is 14.0. The molecule has 0 aromatic heterocycles. The van der Waals surface area contributed by atoms with Crippen molar-refractivity contribution in [3.05, 3.63) is 143 Å². The number of fused-ring (bicyclic) bond motifs is 2. The summed E-state index contributed by atoms with van der Waals surface area (Å²) in [6.07, 6.45) is 3.48. The number of aryl methyl sites for hydroxylation is 2. The lowest BCUT2D eigenvalue weighted by molar-refractivity contribution is 0.630. The second-order valence-electron chi connectivity index (χ2n) is 10.5. The highest BCUT2D eigenvalue weighted by molar-refractivity contribution is 5.93. The molecule has 6 rings (SSSR count). The van der Waals surface area contributed by atoms with Crippen LogP contribution in [0, 0.1) is 24.6 Å². The Morgan fingerprint density at radius 2 is 1.20 bits per heavy atom. The van der Waals surface area contributed by atoms with Crippen LogP contribution in [0.5, 0.6) is 0 Å². The zero-order valence-corrected chi connectivity index (χ0v) is 23.0. The van der Waals surface area contributed by atoms with Crippen LogP contribution in [0.25, 0.3) is 43.8 Å². The van der Waals surface area contributed by atoms with E-state index in [-0.39, 0.29) is 5.82 Å². The fourth-order valence-electron chi connectivity index (χ4n) is 5.27. The van der Waals surface area contributed by atoms with Gasteiger partial charge in [-0.25, -0.2) is 4.39 Å². The molecule has 0 N–H and O–H groups in total. The predicted octanol–water partition coefficient (Wildman–Crippen LogP) is 10.5. The molecule has 6 aromatic carbocycles. The minimum absolute atomic E-state index is 0.253. The summed E-state index contributed by atoms with van der Waals surface area (Å²) in [4.78, 5) is 0. The van der Waals surface area contributed by atoms with Crippen LogP contribution >= 0.6 is 0 Å². The van der Waals surface area contributed by atoms with Crippen molar-refractivity contribution in [3.63, 3.8) is 0 Å². The van der Waals surface area contributed by atoms with Crippen molar-refractivity contribution in [2.24, 2.45) is 0 Å². The van der Waals surface area contributed by atoms with Crippen LogP contribution in [0.3, 0.4) is 0 Å². The third-order valence-corrected chi connectivity index (χ3v) is 7.66. The predicted molar refractivity (Wildman–Crippen MR) is 168 cm³/mol. The maximum absolute atomic E-state index is 15.4. The molecule has 0 nitrogen and oxygen atoms in total. The van der Waals surface area contributed by atoms with Crippen LogP contribution in [0.2, 0.25) is 0 Å². The fourth-order valence-corrected chi connectivity index (χ4v) is 5.27. The molecule has 1 heteroatoms. The molecular weight excluding hydrogens is 487 g/mol. The van der Waals surface area contributed by atoms with E-state index in [9.17, 15) is 0 Å². The van der Waals surface area contributed by atoms with E-state index in [0.29, 0.717) is 5.56 Å². The summed E-state index contributed by atoms with van der Waals surface area (Å²) in [7, 11) is 0. The molecule has 0 bridgehead atoms. The molecule has 0 radical (unpaired) electrons. The second kappa shape index (κ2) is 11.2. The third-order valence-electron chi connectivity index (χ3n) is 7.66. The van der Waals surface area contributed by atoms with E-state index in [1.54, 1.807) is 6.07 Å². The number of hydrogen-bond donors (Lipinski definition) is 0. The highest BCUT2D eigenvalue weighted by Crippen LogP contribution is 2.32. The molecule has 6 aromatic rings. The standard InChI is InChI=1S/C39H31F/c1-3-4-7-28-10-12-29(13-11-28)14-15-31-26-39(40)38(22-27(31)2)37-21-20-35-24-34(18-19-36(35)25-37)33-17-16-30-8-5-6-9-32(30)23-33/h5-6,8-13,16-26H,3-4,7H2,1-2H3. The highest BCUT2D eigenvalue weighted by Gasteiger charge is 2.10. The largest absolute Gasteiger partial charge is 0.206 e.